The van der Waals surface area contributed by atoms with Gasteiger partial charge < -0.3 is 9.51 Å². The number of nitrogens with zero attached hydrogens (tertiary/aromatic N) is 3. The molecule has 1 N–H and O–H groups in total. The van der Waals surface area contributed by atoms with E-state index in [2.05, 4.69) is 37.8 Å². The molecule has 0 unspecified atom stereocenters. The van der Waals surface area contributed by atoms with Crippen LogP contribution < -0.4 is 0 Å². The van der Waals surface area contributed by atoms with Crippen LogP contribution in [-0.2, 0) is 36.7 Å². The summed E-state index contributed by atoms with van der Waals surface area (Å²) < 4.78 is 15.6. The normalized spacial score (nSPS) is 11.7. The van der Waals surface area contributed by atoms with Crippen molar-refractivity contribution in [3.05, 3.63) is 108 Å². The van der Waals surface area contributed by atoms with Crippen LogP contribution in [-0.4, -0.2) is 25.3 Å². The molecule has 0 spiro atoms. The number of fused-ring (bicyclic) bond motifs is 5. The predicted octanol–water partition coefficient (Wildman–Crippen LogP) is 7.56. The Morgan fingerprint density at radius 3 is 2.44 bits per heavy atom. The zero-order valence-corrected chi connectivity index (χ0v) is 24.9. The molecule has 2 aromatic heterocycles. The molecular formula is C32H31FIrN3O2-. The van der Waals surface area contributed by atoms with E-state index in [9.17, 15) is 14.3 Å². The quantitative estimate of drug-likeness (QED) is 0.117. The largest absolute Gasteiger partial charge is 0.512 e. The summed E-state index contributed by atoms with van der Waals surface area (Å²) in [7, 11) is 0. The molecule has 0 saturated heterocycles. The Morgan fingerprint density at radius 1 is 1.10 bits per heavy atom. The van der Waals surface area contributed by atoms with Gasteiger partial charge in [-0.15, -0.1) is 12.1 Å². The summed E-state index contributed by atoms with van der Waals surface area (Å²) >= 11 is 0. The summed E-state index contributed by atoms with van der Waals surface area (Å²) in [5.74, 6) is 0.544. The third-order valence-electron chi connectivity index (χ3n) is 6.03. The van der Waals surface area contributed by atoms with Crippen LogP contribution in [0.4, 0.5) is 4.39 Å². The fraction of sp³-hybridized carbons (Fsp3) is 0.219. The summed E-state index contributed by atoms with van der Waals surface area (Å²) in [4.78, 5) is 20.1. The van der Waals surface area contributed by atoms with Crippen molar-refractivity contribution in [2.24, 2.45) is 0 Å². The summed E-state index contributed by atoms with van der Waals surface area (Å²) in [6.07, 6.45) is 4.27. The molecule has 0 atom stereocenters. The maximum atomic E-state index is 13.6. The van der Waals surface area contributed by atoms with Gasteiger partial charge in [-0.1, -0.05) is 81.3 Å². The first-order chi connectivity index (χ1) is 18.1. The number of aliphatic hydroxyl groups is 1. The first kappa shape index (κ1) is 29.9. The van der Waals surface area contributed by atoms with Gasteiger partial charge in [-0.2, -0.15) is 0 Å². The Kier molecular flexibility index (Phi) is 9.54. The number of hydrogen-bond donors (Lipinski definition) is 1. The number of benzene rings is 3. The van der Waals surface area contributed by atoms with Crippen molar-refractivity contribution in [1.82, 2.24) is 14.4 Å². The number of allylic oxidation sites excluding steroid dienone is 2. The summed E-state index contributed by atoms with van der Waals surface area (Å²) in [6.45, 7) is 11.4. The Balaban J connectivity index is 0.000000222. The second-order valence-corrected chi connectivity index (χ2v) is 10.2. The zero-order chi connectivity index (χ0) is 27.4. The molecule has 0 aliphatic carbocycles. The molecule has 2 heterocycles. The Hall–Kier alpha value is -3.67. The first-order valence-corrected chi connectivity index (χ1v) is 12.5. The van der Waals surface area contributed by atoms with Gasteiger partial charge in [-0.25, -0.2) is 0 Å². The molecule has 5 rings (SSSR count). The standard InChI is InChI=1S/C18H15FN3.C14H16O2.Ir/c1-18(2,3)17-21-14-10-11(19)8-9-12(14)16-20-13-6-4-5-7-15(13)22(16)17;1-3-12-4-6-13(7-5-12)8-9-14(16)10-11(2)15;/h4-8,10H,1-3H3;3-7,10,16H,1,8-9H2,2H3;/q-1;;. The Morgan fingerprint density at radius 2 is 1.79 bits per heavy atom. The Bertz CT molecular complexity index is 1670. The minimum atomic E-state index is -0.333. The van der Waals surface area contributed by atoms with Crippen LogP contribution in [0.5, 0.6) is 0 Å². The number of halogens is 1. The van der Waals surface area contributed by atoms with Crippen LogP contribution in [0.15, 0.2) is 79.1 Å². The SMILES string of the molecule is C=Cc1ccc(CCC(O)=CC(C)=O)cc1.CC(C)(C)c1nc2cc(F)c[c-]c2c2nc3ccccc3n12.[Ir]. The van der Waals surface area contributed by atoms with Crippen LogP contribution >= 0.6 is 0 Å². The average Bonchev–Trinajstić information content (AvgIpc) is 3.26. The molecular weight excluding hydrogens is 670 g/mol. The number of ketones is 1. The molecule has 1 radical (unpaired) electrons. The van der Waals surface area contributed by atoms with Crippen LogP contribution in [0.1, 0.15) is 51.1 Å². The summed E-state index contributed by atoms with van der Waals surface area (Å²) in [5.41, 5.74) is 5.29. The van der Waals surface area contributed by atoms with E-state index in [1.165, 1.54) is 25.1 Å². The van der Waals surface area contributed by atoms with Crippen LogP contribution in [0.3, 0.4) is 0 Å². The number of carbonyl (C=O) groups is 1. The van der Waals surface area contributed by atoms with Gasteiger partial charge in [-0.3, -0.25) is 19.2 Å². The van der Waals surface area contributed by atoms with E-state index in [0.29, 0.717) is 11.9 Å². The number of aromatic nitrogens is 3. The number of carbonyl (C=O) groups excluding carboxylic acids is 1. The molecule has 3 aromatic carbocycles. The minimum absolute atomic E-state index is 0. The van der Waals surface area contributed by atoms with Gasteiger partial charge in [-0.05, 0) is 42.1 Å². The monoisotopic (exact) mass is 701 g/mol. The van der Waals surface area contributed by atoms with Gasteiger partial charge in [0.25, 0.3) is 0 Å². The van der Waals surface area contributed by atoms with Gasteiger partial charge >= 0.3 is 0 Å². The third kappa shape index (κ3) is 7.05. The molecule has 5 nitrogen and oxygen atoms in total. The van der Waals surface area contributed by atoms with Crippen molar-refractivity contribution in [3.63, 3.8) is 0 Å². The molecule has 39 heavy (non-hydrogen) atoms. The van der Waals surface area contributed by atoms with Gasteiger partial charge in [0.2, 0.25) is 0 Å². The smallest absolute Gasteiger partial charge is 0.155 e. The number of rotatable bonds is 5. The van der Waals surface area contributed by atoms with E-state index in [-0.39, 0.29) is 42.9 Å². The number of aliphatic hydroxyl groups excluding tert-OH is 1. The van der Waals surface area contributed by atoms with E-state index in [4.69, 9.17) is 9.97 Å². The molecule has 203 valence electrons. The molecule has 0 amide bonds. The number of imidazole rings is 1. The molecule has 0 bridgehead atoms. The van der Waals surface area contributed by atoms with Crippen LogP contribution in [0, 0.1) is 11.9 Å². The van der Waals surface area contributed by atoms with Crippen LogP contribution in [0.25, 0.3) is 33.7 Å². The van der Waals surface area contributed by atoms with Gasteiger partial charge in [0.05, 0.1) is 22.4 Å². The van der Waals surface area contributed by atoms with Crippen molar-refractivity contribution in [2.75, 3.05) is 0 Å². The van der Waals surface area contributed by atoms with E-state index >= 15 is 0 Å². The molecule has 0 saturated carbocycles. The summed E-state index contributed by atoms with van der Waals surface area (Å²) in [6, 6.07) is 21.7. The summed E-state index contributed by atoms with van der Waals surface area (Å²) in [5, 5.41) is 10.1. The van der Waals surface area contributed by atoms with Gasteiger partial charge in [0.15, 0.2) is 5.78 Å². The van der Waals surface area contributed by atoms with Crippen molar-refractivity contribution in [1.29, 1.82) is 0 Å². The molecule has 0 aliphatic heterocycles. The van der Waals surface area contributed by atoms with E-state index in [1.54, 1.807) is 6.08 Å². The maximum absolute atomic E-state index is 13.6. The fourth-order valence-corrected chi connectivity index (χ4v) is 4.20. The van der Waals surface area contributed by atoms with Crippen molar-refractivity contribution in [2.45, 2.75) is 46.0 Å². The fourth-order valence-electron chi connectivity index (χ4n) is 4.20. The first-order valence-electron chi connectivity index (χ1n) is 12.5. The van der Waals surface area contributed by atoms with Gasteiger partial charge in [0.1, 0.15) is 5.82 Å². The Labute approximate surface area is 241 Å². The molecule has 7 heteroatoms. The zero-order valence-electron chi connectivity index (χ0n) is 22.5. The minimum Gasteiger partial charge on any atom is -0.512 e. The number of hydrogen-bond acceptors (Lipinski definition) is 4. The van der Waals surface area contributed by atoms with E-state index < -0.39 is 0 Å². The van der Waals surface area contributed by atoms with E-state index in [0.717, 1.165) is 45.4 Å². The van der Waals surface area contributed by atoms with E-state index in [1.807, 2.05) is 48.5 Å². The van der Waals surface area contributed by atoms with Crippen molar-refractivity contribution < 1.29 is 34.4 Å². The second kappa shape index (κ2) is 12.5. The van der Waals surface area contributed by atoms with Crippen LogP contribution in [0.2, 0.25) is 0 Å². The van der Waals surface area contributed by atoms with Crippen molar-refractivity contribution in [3.8, 4) is 0 Å². The number of aryl methyl sites for hydroxylation is 1. The van der Waals surface area contributed by atoms with Gasteiger partial charge in [0, 0.05) is 43.8 Å². The topological polar surface area (TPSA) is 67.5 Å². The third-order valence-corrected chi connectivity index (χ3v) is 6.03. The average molecular weight is 701 g/mol. The maximum Gasteiger partial charge on any atom is 0.155 e. The molecule has 5 aromatic rings. The van der Waals surface area contributed by atoms with Crippen molar-refractivity contribution >= 4 is 39.4 Å². The second-order valence-electron chi connectivity index (χ2n) is 10.2. The molecule has 0 fully saturated rings. The molecule has 0 aliphatic rings. The number of para-hydroxylation sites is 2. The predicted molar refractivity (Wildman–Crippen MR) is 152 cm³/mol.